The zero-order valence-electron chi connectivity index (χ0n) is 8.31. The van der Waals surface area contributed by atoms with Crippen molar-refractivity contribution in [3.05, 3.63) is 24.5 Å². The van der Waals surface area contributed by atoms with Crippen LogP contribution in [0.5, 0.6) is 0 Å². The lowest BCUT2D eigenvalue weighted by molar-refractivity contribution is 0.283. The van der Waals surface area contributed by atoms with Gasteiger partial charge in [0.2, 0.25) is 0 Å². The zero-order valence-corrected chi connectivity index (χ0v) is 8.31. The smallest absolute Gasteiger partial charge is 0.0953 e. The van der Waals surface area contributed by atoms with Crippen LogP contribution in [0.15, 0.2) is 24.5 Å². The minimum Gasteiger partial charge on any atom is -0.501 e. The summed E-state index contributed by atoms with van der Waals surface area (Å²) >= 11 is 0. The lowest BCUT2D eigenvalue weighted by atomic mass is 10.2. The molecule has 0 rings (SSSR count). The maximum Gasteiger partial charge on any atom is 0.0953 e. The highest BCUT2D eigenvalue weighted by Crippen LogP contribution is 2.07. The largest absolute Gasteiger partial charge is 0.501 e. The van der Waals surface area contributed by atoms with Gasteiger partial charge >= 0.3 is 0 Å². The van der Waals surface area contributed by atoms with Crippen LogP contribution in [0.3, 0.4) is 0 Å². The van der Waals surface area contributed by atoms with E-state index in [1.54, 1.807) is 7.11 Å². The predicted molar refractivity (Wildman–Crippen MR) is 54.0 cm³/mol. The number of unbranched alkanes of at least 4 members (excludes halogenated alkanes) is 3. The third kappa shape index (κ3) is 6.02. The molecule has 0 aliphatic rings. The maximum atomic E-state index is 5.16. The molecule has 0 spiro atoms. The van der Waals surface area contributed by atoms with Crippen molar-refractivity contribution in [1.29, 1.82) is 0 Å². The molecule has 0 bridgehead atoms. The summed E-state index contributed by atoms with van der Waals surface area (Å²) in [6.07, 6.45) is 9.86. The van der Waals surface area contributed by atoms with Crippen LogP contribution in [0.4, 0.5) is 0 Å². The summed E-state index contributed by atoms with van der Waals surface area (Å²) in [5.41, 5.74) is 0. The lowest BCUT2D eigenvalue weighted by Gasteiger charge is -2.02. The molecule has 0 radical (unpaired) electrons. The Morgan fingerprint density at radius 3 is 2.67 bits per heavy atom. The molecule has 0 saturated carbocycles. The molecule has 0 atom stereocenters. The first-order valence-electron chi connectivity index (χ1n) is 4.69. The van der Waals surface area contributed by atoms with E-state index in [2.05, 4.69) is 19.6 Å². The molecule has 0 aromatic heterocycles. The van der Waals surface area contributed by atoms with Gasteiger partial charge in [-0.25, -0.2) is 0 Å². The lowest BCUT2D eigenvalue weighted by Crippen LogP contribution is -1.84. The number of hydrogen-bond acceptors (Lipinski definition) is 1. The summed E-state index contributed by atoms with van der Waals surface area (Å²) in [7, 11) is 1.72. The molecule has 0 fully saturated rings. The summed E-state index contributed by atoms with van der Waals surface area (Å²) in [6, 6.07) is 0. The van der Waals surface area contributed by atoms with E-state index in [-0.39, 0.29) is 0 Å². The Hall–Kier alpha value is -0.720. The molecule has 0 aromatic carbocycles. The standard InChI is InChI=1S/C11H20O/c1-4-6-7-8-10-11(12-3)9-5-2/h5,10H,2,4,6-9H2,1,3H3/b11-10+. The summed E-state index contributed by atoms with van der Waals surface area (Å²) < 4.78 is 5.16. The molecule has 0 aromatic rings. The minimum absolute atomic E-state index is 0.850. The average Bonchev–Trinajstić information content (AvgIpc) is 2.10. The molecule has 0 unspecified atom stereocenters. The second-order valence-corrected chi connectivity index (χ2v) is 2.86. The van der Waals surface area contributed by atoms with Gasteiger partial charge in [-0.05, 0) is 18.9 Å². The van der Waals surface area contributed by atoms with Gasteiger partial charge in [-0.3, -0.25) is 0 Å². The molecule has 0 aliphatic heterocycles. The molecular weight excluding hydrogens is 148 g/mol. The van der Waals surface area contributed by atoms with Crippen molar-refractivity contribution < 1.29 is 4.74 Å². The number of hydrogen-bond donors (Lipinski definition) is 0. The first-order valence-corrected chi connectivity index (χ1v) is 4.69. The number of rotatable bonds is 7. The van der Waals surface area contributed by atoms with Crippen molar-refractivity contribution in [2.24, 2.45) is 0 Å². The first kappa shape index (κ1) is 11.3. The molecule has 0 N–H and O–H groups in total. The van der Waals surface area contributed by atoms with E-state index in [0.717, 1.165) is 18.6 Å². The van der Waals surface area contributed by atoms with Gasteiger partial charge < -0.3 is 4.74 Å². The van der Waals surface area contributed by atoms with Crippen LogP contribution in [0.2, 0.25) is 0 Å². The fraction of sp³-hybridized carbons (Fsp3) is 0.636. The van der Waals surface area contributed by atoms with Crippen molar-refractivity contribution in [2.45, 2.75) is 39.0 Å². The molecule has 12 heavy (non-hydrogen) atoms. The molecule has 1 heteroatoms. The van der Waals surface area contributed by atoms with Crippen LogP contribution in [-0.4, -0.2) is 7.11 Å². The Morgan fingerprint density at radius 2 is 2.17 bits per heavy atom. The molecule has 1 nitrogen and oxygen atoms in total. The first-order chi connectivity index (χ1) is 5.85. The molecule has 0 aliphatic carbocycles. The molecular formula is C11H20O. The van der Waals surface area contributed by atoms with Gasteiger partial charge in [-0.15, -0.1) is 6.58 Å². The number of methoxy groups -OCH3 is 1. The van der Waals surface area contributed by atoms with Gasteiger partial charge in [0.05, 0.1) is 12.9 Å². The Morgan fingerprint density at radius 1 is 1.42 bits per heavy atom. The third-order valence-electron chi connectivity index (χ3n) is 1.79. The van der Waals surface area contributed by atoms with E-state index < -0.39 is 0 Å². The predicted octanol–water partition coefficient (Wildman–Crippen LogP) is 3.67. The summed E-state index contributed by atoms with van der Waals surface area (Å²) in [5, 5.41) is 0. The average molecular weight is 168 g/mol. The Labute approximate surface area is 76.1 Å². The van der Waals surface area contributed by atoms with Crippen molar-refractivity contribution in [2.75, 3.05) is 7.11 Å². The third-order valence-corrected chi connectivity index (χ3v) is 1.79. The number of allylic oxidation sites excluding steroid dienone is 2. The Kier molecular flexibility index (Phi) is 7.87. The van der Waals surface area contributed by atoms with Crippen LogP contribution in [0, 0.1) is 0 Å². The van der Waals surface area contributed by atoms with E-state index in [0.29, 0.717) is 0 Å². The molecule has 0 heterocycles. The number of ether oxygens (including phenoxy) is 1. The van der Waals surface area contributed by atoms with Crippen molar-refractivity contribution in [1.82, 2.24) is 0 Å². The van der Waals surface area contributed by atoms with Gasteiger partial charge in [0.25, 0.3) is 0 Å². The van der Waals surface area contributed by atoms with E-state index in [9.17, 15) is 0 Å². The van der Waals surface area contributed by atoms with Gasteiger partial charge in [0.1, 0.15) is 0 Å². The van der Waals surface area contributed by atoms with Crippen LogP contribution in [0.25, 0.3) is 0 Å². The van der Waals surface area contributed by atoms with Gasteiger partial charge in [0.15, 0.2) is 0 Å². The van der Waals surface area contributed by atoms with Gasteiger partial charge in [-0.1, -0.05) is 25.8 Å². The molecule has 0 amide bonds. The summed E-state index contributed by atoms with van der Waals surface area (Å²) in [5.74, 6) is 1.04. The van der Waals surface area contributed by atoms with Crippen molar-refractivity contribution in [3.63, 3.8) is 0 Å². The molecule has 70 valence electrons. The highest BCUT2D eigenvalue weighted by atomic mass is 16.5. The summed E-state index contributed by atoms with van der Waals surface area (Å²) in [6.45, 7) is 5.88. The summed E-state index contributed by atoms with van der Waals surface area (Å²) in [4.78, 5) is 0. The van der Waals surface area contributed by atoms with E-state index in [4.69, 9.17) is 4.74 Å². The SMILES string of the molecule is C=CC/C(=C\CCCCC)OC. The maximum absolute atomic E-state index is 5.16. The zero-order chi connectivity index (χ0) is 9.23. The van der Waals surface area contributed by atoms with Crippen LogP contribution >= 0.6 is 0 Å². The highest BCUT2D eigenvalue weighted by Gasteiger charge is 1.91. The quantitative estimate of drug-likeness (QED) is 0.320. The monoisotopic (exact) mass is 168 g/mol. The van der Waals surface area contributed by atoms with Crippen LogP contribution in [-0.2, 0) is 4.74 Å². The van der Waals surface area contributed by atoms with Gasteiger partial charge in [0, 0.05) is 6.42 Å². The van der Waals surface area contributed by atoms with Crippen molar-refractivity contribution in [3.8, 4) is 0 Å². The highest BCUT2D eigenvalue weighted by molar-refractivity contribution is 4.97. The Balaban J connectivity index is 3.54. The minimum atomic E-state index is 0.850. The van der Waals surface area contributed by atoms with Crippen molar-refractivity contribution >= 4 is 0 Å². The fourth-order valence-corrected chi connectivity index (χ4v) is 1.05. The normalized spacial score (nSPS) is 11.3. The van der Waals surface area contributed by atoms with E-state index >= 15 is 0 Å². The van der Waals surface area contributed by atoms with Gasteiger partial charge in [-0.2, -0.15) is 0 Å². The topological polar surface area (TPSA) is 9.23 Å². The second kappa shape index (κ2) is 8.38. The van der Waals surface area contributed by atoms with E-state index in [1.165, 1.54) is 19.3 Å². The molecule has 0 saturated heterocycles. The fourth-order valence-electron chi connectivity index (χ4n) is 1.05. The van der Waals surface area contributed by atoms with Crippen LogP contribution in [0.1, 0.15) is 39.0 Å². The second-order valence-electron chi connectivity index (χ2n) is 2.86. The Bertz CT molecular complexity index is 136. The van der Waals surface area contributed by atoms with Crippen LogP contribution < -0.4 is 0 Å². The van der Waals surface area contributed by atoms with E-state index in [1.807, 2.05) is 6.08 Å².